The van der Waals surface area contributed by atoms with Crippen molar-refractivity contribution < 1.29 is 0 Å². The molecule has 0 spiro atoms. The van der Waals surface area contributed by atoms with E-state index in [0.717, 1.165) is 41.1 Å². The molecule has 1 unspecified atom stereocenters. The van der Waals surface area contributed by atoms with Crippen molar-refractivity contribution in [2.45, 2.75) is 46.1 Å². The van der Waals surface area contributed by atoms with E-state index in [1.54, 1.807) is 0 Å². The van der Waals surface area contributed by atoms with E-state index < -0.39 is 0 Å². The Morgan fingerprint density at radius 3 is 2.55 bits per heavy atom. The molecule has 2 nitrogen and oxygen atoms in total. The average Bonchev–Trinajstić information content (AvgIpc) is 2.80. The third-order valence-electron chi connectivity index (χ3n) is 4.19. The highest BCUT2D eigenvalue weighted by Gasteiger charge is 2.22. The first-order valence-corrected chi connectivity index (χ1v) is 8.26. The summed E-state index contributed by atoms with van der Waals surface area (Å²) in [5.41, 5.74) is 2.02. The van der Waals surface area contributed by atoms with Gasteiger partial charge in [-0.15, -0.1) is 11.6 Å². The normalized spacial score (nSPS) is 13.3. The lowest BCUT2D eigenvalue weighted by Gasteiger charge is -2.25. The Hall–Kier alpha value is -0.730. The molecule has 1 atom stereocenters. The van der Waals surface area contributed by atoms with Crippen LogP contribution < -0.4 is 0 Å². The number of imidazole rings is 1. The van der Waals surface area contributed by atoms with Crippen LogP contribution in [0.4, 0.5) is 0 Å². The lowest BCUT2D eigenvalue weighted by Crippen LogP contribution is -2.18. The number of benzene rings is 1. The minimum atomic E-state index is 0.383. The quantitative estimate of drug-likeness (QED) is 0.647. The van der Waals surface area contributed by atoms with Crippen LogP contribution in [0.25, 0.3) is 11.0 Å². The molecule has 1 heterocycles. The minimum Gasteiger partial charge on any atom is -0.324 e. The SMILES string of the molecule is CCC(CC)C(C)n1c(CCCl)nc2cccc(Cl)c21. The van der Waals surface area contributed by atoms with Gasteiger partial charge in [0.05, 0.1) is 16.1 Å². The predicted molar refractivity (Wildman–Crippen MR) is 88.0 cm³/mol. The summed E-state index contributed by atoms with van der Waals surface area (Å²) in [6.07, 6.45) is 3.08. The zero-order valence-electron chi connectivity index (χ0n) is 12.4. The Balaban J connectivity index is 2.61. The summed E-state index contributed by atoms with van der Waals surface area (Å²) in [4.78, 5) is 4.73. The Bertz CT molecular complexity index is 573. The van der Waals surface area contributed by atoms with Crippen LogP contribution in [0.5, 0.6) is 0 Å². The van der Waals surface area contributed by atoms with Crippen molar-refractivity contribution in [1.29, 1.82) is 0 Å². The number of hydrogen-bond acceptors (Lipinski definition) is 1. The minimum absolute atomic E-state index is 0.383. The molecule has 0 fully saturated rings. The van der Waals surface area contributed by atoms with Gasteiger partial charge in [0, 0.05) is 18.3 Å². The highest BCUT2D eigenvalue weighted by atomic mass is 35.5. The van der Waals surface area contributed by atoms with E-state index in [1.165, 1.54) is 0 Å². The van der Waals surface area contributed by atoms with Gasteiger partial charge < -0.3 is 4.57 Å². The maximum absolute atomic E-state index is 6.42. The van der Waals surface area contributed by atoms with Crippen LogP contribution in [-0.2, 0) is 6.42 Å². The van der Waals surface area contributed by atoms with Crippen molar-refractivity contribution >= 4 is 34.2 Å². The fraction of sp³-hybridized carbons (Fsp3) is 0.562. The number of rotatable bonds is 6. The second-order valence-corrected chi connectivity index (χ2v) is 6.05. The molecule has 110 valence electrons. The summed E-state index contributed by atoms with van der Waals surface area (Å²) in [5, 5.41) is 0.772. The van der Waals surface area contributed by atoms with Gasteiger partial charge in [0.1, 0.15) is 5.82 Å². The summed E-state index contributed by atoms with van der Waals surface area (Å²) in [6, 6.07) is 6.29. The zero-order chi connectivity index (χ0) is 14.7. The first-order valence-electron chi connectivity index (χ1n) is 7.35. The third-order valence-corrected chi connectivity index (χ3v) is 4.68. The maximum atomic E-state index is 6.42. The number of halogens is 2. The molecule has 0 amide bonds. The van der Waals surface area contributed by atoms with Crippen molar-refractivity contribution in [2.75, 3.05) is 5.88 Å². The number of nitrogens with zero attached hydrogens (tertiary/aromatic N) is 2. The van der Waals surface area contributed by atoms with Crippen molar-refractivity contribution in [1.82, 2.24) is 9.55 Å². The molecular weight excluding hydrogens is 291 g/mol. The number of alkyl halides is 1. The largest absolute Gasteiger partial charge is 0.324 e. The Morgan fingerprint density at radius 2 is 1.95 bits per heavy atom. The lowest BCUT2D eigenvalue weighted by molar-refractivity contribution is 0.333. The molecule has 2 rings (SSSR count). The second-order valence-electron chi connectivity index (χ2n) is 5.26. The highest BCUT2D eigenvalue weighted by Crippen LogP contribution is 2.33. The van der Waals surface area contributed by atoms with Gasteiger partial charge in [0.15, 0.2) is 0 Å². The van der Waals surface area contributed by atoms with Crippen LogP contribution >= 0.6 is 23.2 Å². The standard InChI is InChI=1S/C16H22Cl2N2/c1-4-12(5-2)11(3)20-15(9-10-17)19-14-8-6-7-13(18)16(14)20/h6-8,11-12H,4-5,9-10H2,1-3H3. The molecule has 0 saturated heterocycles. The first kappa shape index (κ1) is 15.7. The summed E-state index contributed by atoms with van der Waals surface area (Å²) in [5.74, 6) is 2.25. The van der Waals surface area contributed by atoms with Crippen molar-refractivity contribution in [3.05, 3.63) is 29.0 Å². The van der Waals surface area contributed by atoms with E-state index >= 15 is 0 Å². The van der Waals surface area contributed by atoms with E-state index in [4.69, 9.17) is 28.2 Å². The van der Waals surface area contributed by atoms with Crippen LogP contribution in [0.2, 0.25) is 5.02 Å². The number of aryl methyl sites for hydroxylation is 1. The van der Waals surface area contributed by atoms with Gasteiger partial charge in [-0.05, 0) is 25.0 Å². The molecule has 4 heteroatoms. The molecule has 0 aliphatic rings. The maximum Gasteiger partial charge on any atom is 0.111 e. The average molecular weight is 313 g/mol. The Labute approximate surface area is 131 Å². The fourth-order valence-corrected chi connectivity index (χ4v) is 3.47. The van der Waals surface area contributed by atoms with Crippen molar-refractivity contribution in [2.24, 2.45) is 5.92 Å². The molecule has 0 aliphatic carbocycles. The highest BCUT2D eigenvalue weighted by molar-refractivity contribution is 6.35. The monoisotopic (exact) mass is 312 g/mol. The first-order chi connectivity index (χ1) is 9.63. The smallest absolute Gasteiger partial charge is 0.111 e. The van der Waals surface area contributed by atoms with Gasteiger partial charge in [-0.3, -0.25) is 0 Å². The van der Waals surface area contributed by atoms with Crippen LogP contribution in [0.3, 0.4) is 0 Å². The van der Waals surface area contributed by atoms with Gasteiger partial charge >= 0.3 is 0 Å². The summed E-state index contributed by atoms with van der Waals surface area (Å²) in [7, 11) is 0. The molecule has 0 bridgehead atoms. The van der Waals surface area contributed by atoms with Crippen molar-refractivity contribution in [3.63, 3.8) is 0 Å². The molecule has 0 N–H and O–H groups in total. The van der Waals surface area contributed by atoms with E-state index in [0.29, 0.717) is 17.8 Å². The van der Waals surface area contributed by atoms with Gasteiger partial charge in [0.2, 0.25) is 0 Å². The summed E-state index contributed by atoms with van der Waals surface area (Å²) >= 11 is 12.4. The topological polar surface area (TPSA) is 17.8 Å². The van der Waals surface area contributed by atoms with Crippen LogP contribution in [0.1, 0.15) is 45.5 Å². The van der Waals surface area contributed by atoms with Crippen molar-refractivity contribution in [3.8, 4) is 0 Å². The molecule has 1 aromatic heterocycles. The number of para-hydroxylation sites is 1. The molecule has 0 aliphatic heterocycles. The number of hydrogen-bond donors (Lipinski definition) is 0. The number of aromatic nitrogens is 2. The molecule has 2 aromatic rings. The molecule has 0 saturated carbocycles. The van der Waals surface area contributed by atoms with Crippen LogP contribution in [0.15, 0.2) is 18.2 Å². The Morgan fingerprint density at radius 1 is 1.25 bits per heavy atom. The predicted octanol–water partition coefficient (Wildman–Crippen LogP) is 5.47. The van der Waals surface area contributed by atoms with Gasteiger partial charge in [0.25, 0.3) is 0 Å². The van der Waals surface area contributed by atoms with E-state index in [2.05, 4.69) is 25.3 Å². The molecule has 20 heavy (non-hydrogen) atoms. The zero-order valence-corrected chi connectivity index (χ0v) is 13.9. The molecular formula is C16H22Cl2N2. The lowest BCUT2D eigenvalue weighted by atomic mass is 9.95. The van der Waals surface area contributed by atoms with Gasteiger partial charge in [-0.2, -0.15) is 0 Å². The van der Waals surface area contributed by atoms with Gasteiger partial charge in [-0.25, -0.2) is 4.98 Å². The number of fused-ring (bicyclic) bond motifs is 1. The molecule has 0 radical (unpaired) electrons. The summed E-state index contributed by atoms with van der Waals surface area (Å²) in [6.45, 7) is 6.75. The van der Waals surface area contributed by atoms with Crippen LogP contribution in [0, 0.1) is 5.92 Å². The Kier molecular flexibility index (Phi) is 5.34. The van der Waals surface area contributed by atoms with E-state index in [-0.39, 0.29) is 0 Å². The van der Waals surface area contributed by atoms with E-state index in [9.17, 15) is 0 Å². The van der Waals surface area contributed by atoms with E-state index in [1.807, 2.05) is 18.2 Å². The van der Waals surface area contributed by atoms with Crippen LogP contribution in [-0.4, -0.2) is 15.4 Å². The second kappa shape index (κ2) is 6.82. The fourth-order valence-electron chi connectivity index (χ4n) is 3.04. The summed E-state index contributed by atoms with van der Waals surface area (Å²) < 4.78 is 2.30. The molecule has 1 aromatic carbocycles. The third kappa shape index (κ3) is 2.82. The van der Waals surface area contributed by atoms with Gasteiger partial charge in [-0.1, -0.05) is 44.4 Å².